The molecule has 0 unspecified atom stereocenters. The SMILES string of the molecule is C[C@]12Cc3c(C(F)(F)F)noc3C=C1CCC[C@@H]2CCCO. The summed E-state index contributed by atoms with van der Waals surface area (Å²) in [7, 11) is 0. The number of allylic oxidation sites excluding steroid dienone is 1. The molecule has 3 rings (SSSR count). The highest BCUT2D eigenvalue weighted by Gasteiger charge is 2.47. The lowest BCUT2D eigenvalue weighted by Crippen LogP contribution is -2.37. The van der Waals surface area contributed by atoms with E-state index in [4.69, 9.17) is 9.63 Å². The van der Waals surface area contributed by atoms with Crippen molar-refractivity contribution in [1.82, 2.24) is 5.16 Å². The van der Waals surface area contributed by atoms with Crippen molar-refractivity contribution in [1.29, 1.82) is 0 Å². The van der Waals surface area contributed by atoms with Crippen LogP contribution < -0.4 is 0 Å². The van der Waals surface area contributed by atoms with Gasteiger partial charge in [0.1, 0.15) is 0 Å². The van der Waals surface area contributed by atoms with Crippen molar-refractivity contribution in [3.8, 4) is 0 Å². The van der Waals surface area contributed by atoms with E-state index in [0.29, 0.717) is 18.8 Å². The van der Waals surface area contributed by atoms with Crippen LogP contribution in [0.1, 0.15) is 56.0 Å². The Labute approximate surface area is 127 Å². The molecule has 1 heterocycles. The number of aromatic nitrogens is 1. The van der Waals surface area contributed by atoms with Gasteiger partial charge in [-0.05, 0) is 55.9 Å². The zero-order chi connectivity index (χ0) is 16.0. The van der Waals surface area contributed by atoms with E-state index in [0.717, 1.165) is 25.7 Å². The normalized spacial score (nSPS) is 28.0. The van der Waals surface area contributed by atoms with E-state index in [9.17, 15) is 13.2 Å². The molecule has 1 saturated carbocycles. The first-order chi connectivity index (χ1) is 10.4. The highest BCUT2D eigenvalue weighted by Crippen LogP contribution is 2.53. The first-order valence-corrected chi connectivity index (χ1v) is 7.74. The van der Waals surface area contributed by atoms with Crippen LogP contribution in [0.15, 0.2) is 10.1 Å². The smallest absolute Gasteiger partial charge is 0.396 e. The van der Waals surface area contributed by atoms with E-state index in [1.807, 2.05) is 0 Å². The van der Waals surface area contributed by atoms with Gasteiger partial charge in [-0.2, -0.15) is 13.2 Å². The van der Waals surface area contributed by atoms with Gasteiger partial charge in [0, 0.05) is 12.2 Å². The fourth-order valence-electron chi connectivity index (χ4n) is 4.06. The Kier molecular flexibility index (Phi) is 3.83. The Balaban J connectivity index is 1.98. The molecular formula is C16H20F3NO2. The summed E-state index contributed by atoms with van der Waals surface area (Å²) in [6, 6.07) is 0. The minimum Gasteiger partial charge on any atom is -0.396 e. The summed E-state index contributed by atoms with van der Waals surface area (Å²) in [4.78, 5) is 0. The second-order valence-electron chi connectivity index (χ2n) is 6.59. The van der Waals surface area contributed by atoms with Gasteiger partial charge >= 0.3 is 6.18 Å². The lowest BCUT2D eigenvalue weighted by atomic mass is 9.58. The number of alkyl halides is 3. The third-order valence-electron chi connectivity index (χ3n) is 5.28. The molecule has 6 heteroatoms. The highest BCUT2D eigenvalue weighted by molar-refractivity contribution is 5.59. The first-order valence-electron chi connectivity index (χ1n) is 7.74. The standard InChI is InChI=1S/C16H20F3NO2/c1-15-9-12-13(22-20-14(12)16(17,18)19)8-11(15)5-2-4-10(15)6-3-7-21/h8,10,21H,2-7,9H2,1H3/t10-,15-/m1/s1. The Morgan fingerprint density at radius 3 is 2.91 bits per heavy atom. The van der Waals surface area contributed by atoms with Crippen molar-refractivity contribution in [3.63, 3.8) is 0 Å². The van der Waals surface area contributed by atoms with E-state index in [1.165, 1.54) is 5.57 Å². The molecule has 2 aliphatic carbocycles. The van der Waals surface area contributed by atoms with Crippen LogP contribution in [-0.4, -0.2) is 16.9 Å². The highest BCUT2D eigenvalue weighted by atomic mass is 19.4. The summed E-state index contributed by atoms with van der Waals surface area (Å²) in [5.41, 5.74) is 0.186. The summed E-state index contributed by atoms with van der Waals surface area (Å²) >= 11 is 0. The van der Waals surface area contributed by atoms with Crippen molar-refractivity contribution >= 4 is 6.08 Å². The van der Waals surface area contributed by atoms with Crippen molar-refractivity contribution in [3.05, 3.63) is 22.6 Å². The number of hydrogen-bond donors (Lipinski definition) is 1. The van der Waals surface area contributed by atoms with Crippen molar-refractivity contribution in [2.24, 2.45) is 11.3 Å². The van der Waals surface area contributed by atoms with E-state index in [-0.39, 0.29) is 23.3 Å². The zero-order valence-electron chi connectivity index (χ0n) is 12.5. The molecule has 1 fully saturated rings. The van der Waals surface area contributed by atoms with Gasteiger partial charge in [0.25, 0.3) is 0 Å². The van der Waals surface area contributed by atoms with Crippen LogP contribution >= 0.6 is 0 Å². The van der Waals surface area contributed by atoms with Gasteiger partial charge in [0.2, 0.25) is 0 Å². The molecular weight excluding hydrogens is 295 g/mol. The third-order valence-corrected chi connectivity index (χ3v) is 5.28. The number of nitrogens with zero attached hydrogens (tertiary/aromatic N) is 1. The maximum Gasteiger partial charge on any atom is 0.437 e. The minimum atomic E-state index is -4.48. The average Bonchev–Trinajstić information content (AvgIpc) is 2.84. The molecule has 1 aromatic rings. The summed E-state index contributed by atoms with van der Waals surface area (Å²) in [6.07, 6.45) is 2.07. The van der Waals surface area contributed by atoms with Crippen LogP contribution in [0.2, 0.25) is 0 Å². The second-order valence-corrected chi connectivity index (χ2v) is 6.59. The first kappa shape index (κ1) is 15.6. The van der Waals surface area contributed by atoms with Crippen LogP contribution in [0.4, 0.5) is 13.2 Å². The molecule has 1 aromatic heterocycles. The van der Waals surface area contributed by atoms with Crippen molar-refractivity contribution < 1.29 is 22.8 Å². The number of hydrogen-bond acceptors (Lipinski definition) is 3. The number of aliphatic hydroxyl groups is 1. The quantitative estimate of drug-likeness (QED) is 0.909. The summed E-state index contributed by atoms with van der Waals surface area (Å²) in [6.45, 7) is 2.17. The van der Waals surface area contributed by atoms with E-state index >= 15 is 0 Å². The largest absolute Gasteiger partial charge is 0.437 e. The molecule has 0 saturated heterocycles. The molecule has 0 spiro atoms. The second kappa shape index (κ2) is 5.41. The molecule has 122 valence electrons. The summed E-state index contributed by atoms with van der Waals surface area (Å²) in [5, 5.41) is 12.3. The third kappa shape index (κ3) is 2.47. The van der Waals surface area contributed by atoms with Crippen LogP contribution in [0.25, 0.3) is 6.08 Å². The zero-order valence-corrected chi connectivity index (χ0v) is 12.5. The van der Waals surface area contributed by atoms with E-state index in [1.54, 1.807) is 6.08 Å². The van der Waals surface area contributed by atoms with Gasteiger partial charge in [-0.25, -0.2) is 0 Å². The van der Waals surface area contributed by atoms with Gasteiger partial charge < -0.3 is 9.63 Å². The molecule has 1 N–H and O–H groups in total. The monoisotopic (exact) mass is 315 g/mol. The number of halogens is 3. The number of fused-ring (bicyclic) bond motifs is 2. The van der Waals surface area contributed by atoms with Crippen LogP contribution in [0.3, 0.4) is 0 Å². The molecule has 22 heavy (non-hydrogen) atoms. The lowest BCUT2D eigenvalue weighted by molar-refractivity contribution is -0.143. The van der Waals surface area contributed by atoms with Gasteiger partial charge in [0.05, 0.1) is 0 Å². The van der Waals surface area contributed by atoms with Crippen molar-refractivity contribution in [2.45, 2.75) is 51.6 Å². The Hall–Kier alpha value is -1.30. The molecule has 0 aliphatic heterocycles. The minimum absolute atomic E-state index is 0.123. The van der Waals surface area contributed by atoms with E-state index in [2.05, 4.69) is 12.1 Å². The van der Waals surface area contributed by atoms with Gasteiger partial charge in [-0.15, -0.1) is 0 Å². The van der Waals surface area contributed by atoms with Crippen LogP contribution in [-0.2, 0) is 12.6 Å². The predicted molar refractivity (Wildman–Crippen MR) is 75.0 cm³/mol. The van der Waals surface area contributed by atoms with Crippen LogP contribution in [0, 0.1) is 11.3 Å². The molecule has 0 aromatic carbocycles. The van der Waals surface area contributed by atoms with Crippen molar-refractivity contribution in [2.75, 3.05) is 6.61 Å². The maximum absolute atomic E-state index is 13.1. The maximum atomic E-state index is 13.1. The van der Waals surface area contributed by atoms with E-state index < -0.39 is 11.9 Å². The Bertz CT molecular complexity index is 591. The fraction of sp³-hybridized carbons (Fsp3) is 0.688. The average molecular weight is 315 g/mol. The molecule has 3 nitrogen and oxygen atoms in total. The fourth-order valence-corrected chi connectivity index (χ4v) is 4.06. The topological polar surface area (TPSA) is 46.3 Å². The molecule has 2 aliphatic rings. The number of rotatable bonds is 3. The van der Waals surface area contributed by atoms with Gasteiger partial charge in [-0.1, -0.05) is 17.7 Å². The molecule has 0 amide bonds. The Morgan fingerprint density at radius 1 is 1.45 bits per heavy atom. The lowest BCUT2D eigenvalue weighted by Gasteiger charge is -2.45. The Morgan fingerprint density at radius 2 is 2.23 bits per heavy atom. The molecule has 0 radical (unpaired) electrons. The molecule has 0 bridgehead atoms. The molecule has 2 atom stereocenters. The predicted octanol–water partition coefficient (Wildman–Crippen LogP) is 4.21. The van der Waals surface area contributed by atoms with Crippen LogP contribution in [0.5, 0.6) is 0 Å². The van der Waals surface area contributed by atoms with Gasteiger partial charge in [0.15, 0.2) is 11.5 Å². The van der Waals surface area contributed by atoms with Gasteiger partial charge in [-0.3, -0.25) is 0 Å². The summed E-state index contributed by atoms with van der Waals surface area (Å²) < 4.78 is 44.2. The summed E-state index contributed by atoms with van der Waals surface area (Å²) in [5.74, 6) is 0.561. The number of aliphatic hydroxyl groups excluding tert-OH is 1.